The lowest BCUT2D eigenvalue weighted by Gasteiger charge is -2.25. The number of rotatable bonds is 0. The first-order valence-electron chi connectivity index (χ1n) is 41.5. The van der Waals surface area contributed by atoms with E-state index in [-0.39, 0.29) is 21.7 Å². The molecule has 7 aliphatic rings. The molecule has 0 atom stereocenters. The summed E-state index contributed by atoms with van der Waals surface area (Å²) in [6, 6.07) is 27.9. The molecular weight excluding hydrogens is 1290 g/mol. The van der Waals surface area contributed by atoms with E-state index in [1.807, 2.05) is 0 Å². The van der Waals surface area contributed by atoms with Crippen LogP contribution in [0.15, 0.2) is 165 Å². The zero-order valence-electron chi connectivity index (χ0n) is 77.7. The molecule has 11 rings (SSSR count). The summed E-state index contributed by atoms with van der Waals surface area (Å²) in [7, 11) is 0. The molecule has 4 aromatic carbocycles. The van der Waals surface area contributed by atoms with Gasteiger partial charge in [0.05, 0.1) is 0 Å². The van der Waals surface area contributed by atoms with Crippen LogP contribution < -0.4 is 0 Å². The van der Waals surface area contributed by atoms with Crippen LogP contribution in [0.2, 0.25) is 0 Å². The van der Waals surface area contributed by atoms with Crippen molar-refractivity contribution >= 4 is 24.3 Å². The van der Waals surface area contributed by atoms with Crippen LogP contribution in [-0.4, -0.2) is 0 Å². The third-order valence-corrected chi connectivity index (χ3v) is 22.9. The van der Waals surface area contributed by atoms with Crippen LogP contribution >= 0.6 is 0 Å². The zero-order valence-corrected chi connectivity index (χ0v) is 77.7. The molecule has 0 bridgehead atoms. The van der Waals surface area contributed by atoms with E-state index in [2.05, 4.69) is 424 Å². The molecule has 590 valence electrons. The van der Waals surface area contributed by atoms with Gasteiger partial charge in [0.25, 0.3) is 0 Å². The Kier molecular flexibility index (Phi) is 28.3. The summed E-state index contributed by atoms with van der Waals surface area (Å²) < 4.78 is 0. The van der Waals surface area contributed by atoms with Crippen LogP contribution in [0.1, 0.15) is 377 Å². The standard InChI is InChI=1S/4C17H24.3C13H22/c4*1-16(2,3)14-8-7-12-9-15(17(4,5)6)11-13(12)10-14;3*1-12(2,3)10-7-8-11(9-10)13(4,5)6/h2*7-8,10-11H,9H2,1-6H3;2*7-10H,11H2,1-6H3;2*7,9H,8H2,1-6H3;7-8H,9H2,1-6H3. The quantitative estimate of drug-likeness (QED) is 0.165. The van der Waals surface area contributed by atoms with Gasteiger partial charge in [0.15, 0.2) is 0 Å². The fourth-order valence-corrected chi connectivity index (χ4v) is 13.8. The highest BCUT2D eigenvalue weighted by Crippen LogP contribution is 2.46. The highest BCUT2D eigenvalue weighted by atomic mass is 14.4. The molecule has 7 aliphatic carbocycles. The first-order chi connectivity index (χ1) is 47.8. The molecule has 0 fully saturated rings. The Labute approximate surface area is 663 Å². The maximum atomic E-state index is 2.39. The van der Waals surface area contributed by atoms with E-state index < -0.39 is 0 Å². The first kappa shape index (κ1) is 91.9. The van der Waals surface area contributed by atoms with Gasteiger partial charge in [-0.2, -0.15) is 0 Å². The maximum absolute atomic E-state index is 2.39. The zero-order chi connectivity index (χ0) is 82.2. The van der Waals surface area contributed by atoms with Crippen LogP contribution in [0.4, 0.5) is 0 Å². The Morgan fingerprint density at radius 1 is 0.178 bits per heavy atom. The van der Waals surface area contributed by atoms with Crippen molar-refractivity contribution in [1.82, 2.24) is 0 Å². The third kappa shape index (κ3) is 27.0. The van der Waals surface area contributed by atoms with Gasteiger partial charge in [0.2, 0.25) is 0 Å². The molecular formula is C107H162. The van der Waals surface area contributed by atoms with Crippen molar-refractivity contribution in [2.45, 2.75) is 357 Å². The minimum Gasteiger partial charge on any atom is -0.0767 e. The minimum absolute atomic E-state index is 0.243. The van der Waals surface area contributed by atoms with Gasteiger partial charge in [-0.3, -0.25) is 0 Å². The summed E-state index contributed by atoms with van der Waals surface area (Å²) in [5, 5.41) is 0. The van der Waals surface area contributed by atoms with Gasteiger partial charge in [-0.15, -0.1) is 0 Å². The number of hydrogen-bond acceptors (Lipinski definition) is 0. The molecule has 0 unspecified atom stereocenters. The Balaban J connectivity index is 0.000000225. The van der Waals surface area contributed by atoms with E-state index in [1.54, 1.807) is 44.6 Å². The first-order valence-corrected chi connectivity index (χ1v) is 41.5. The number of benzene rings is 4. The van der Waals surface area contributed by atoms with E-state index >= 15 is 0 Å². The smallest absolute Gasteiger partial charge is 0.00525 e. The van der Waals surface area contributed by atoms with Gasteiger partial charge in [-0.25, -0.2) is 0 Å². The molecule has 0 aliphatic heterocycles. The summed E-state index contributed by atoms with van der Waals surface area (Å²) >= 11 is 0. The van der Waals surface area contributed by atoms with Crippen molar-refractivity contribution in [3.8, 4) is 0 Å². The molecule has 0 amide bonds. The lowest BCUT2D eigenvalue weighted by Crippen LogP contribution is -2.12. The van der Waals surface area contributed by atoms with E-state index in [1.165, 1.54) is 84.3 Å². The van der Waals surface area contributed by atoms with Gasteiger partial charge < -0.3 is 0 Å². The fraction of sp³-hybridized carbons (Fsp3) is 0.589. The molecule has 0 N–H and O–H groups in total. The van der Waals surface area contributed by atoms with Gasteiger partial charge >= 0.3 is 0 Å². The van der Waals surface area contributed by atoms with E-state index in [9.17, 15) is 0 Å². The van der Waals surface area contributed by atoms with Crippen LogP contribution in [0.3, 0.4) is 0 Å². The number of fused-ring (bicyclic) bond motifs is 4. The molecule has 0 aromatic heterocycles. The van der Waals surface area contributed by atoms with E-state index in [0.29, 0.717) is 54.1 Å². The lowest BCUT2D eigenvalue weighted by molar-refractivity contribution is 0.458. The van der Waals surface area contributed by atoms with Crippen molar-refractivity contribution in [1.29, 1.82) is 0 Å². The average molecular weight is 1450 g/mol. The molecule has 0 spiro atoms. The average Bonchev–Trinajstić information content (AvgIpc) is 1.67. The maximum Gasteiger partial charge on any atom is -0.00525 e. The predicted octanol–water partition coefficient (Wildman–Crippen LogP) is 32.9. The van der Waals surface area contributed by atoms with Crippen molar-refractivity contribution in [2.75, 3.05) is 0 Å². The van der Waals surface area contributed by atoms with E-state index in [4.69, 9.17) is 0 Å². The SMILES string of the molecule is CC(C)(C)C1=CC=C(C(C)(C)C)C1.CC(C)(C)C1=CCC(C(C)(C)C)=C1.CC(C)(C)C1=CCC(C(C)(C)C)=C1.CC(C)(C)C1=Cc2cc(C(C)(C)C)ccc2C1.CC(C)(C)C1=Cc2cc(C(C)(C)C)ccc2C1.CC(C)(C)C1=Cc2ccc(C(C)(C)C)cc2C1.CC(C)(C)C1=Cc2ccc(C(C)(C)C)cc2C1. The lowest BCUT2D eigenvalue weighted by atomic mass is 9.80. The highest BCUT2D eigenvalue weighted by molar-refractivity contribution is 5.69. The minimum atomic E-state index is 0.243. The Morgan fingerprint density at radius 2 is 0.402 bits per heavy atom. The van der Waals surface area contributed by atoms with Crippen LogP contribution in [0.5, 0.6) is 0 Å². The second-order valence-corrected chi connectivity index (χ2v) is 47.2. The van der Waals surface area contributed by atoms with Crippen LogP contribution in [0.25, 0.3) is 24.3 Å². The summed E-state index contributed by atoms with van der Waals surface area (Å²) in [5.74, 6) is 0. The molecule has 0 heteroatoms. The normalized spacial score (nSPS) is 16.8. The second kappa shape index (κ2) is 32.9. The van der Waals surface area contributed by atoms with Crippen LogP contribution in [0, 0.1) is 54.1 Å². The Hall–Kier alpha value is -5.72. The Bertz CT molecular complexity index is 3830. The third-order valence-electron chi connectivity index (χ3n) is 22.9. The molecule has 4 aromatic rings. The molecule has 0 nitrogen and oxygen atoms in total. The summed E-state index contributed by atoms with van der Waals surface area (Å²) in [6.07, 6.45) is 31.7. The molecule has 0 saturated heterocycles. The molecule has 0 radical (unpaired) electrons. The largest absolute Gasteiger partial charge is 0.0767 e. The van der Waals surface area contributed by atoms with Gasteiger partial charge in [-0.1, -0.05) is 469 Å². The Morgan fingerprint density at radius 3 is 0.607 bits per heavy atom. The van der Waals surface area contributed by atoms with Crippen molar-refractivity contribution in [3.63, 3.8) is 0 Å². The highest BCUT2D eigenvalue weighted by Gasteiger charge is 2.32. The van der Waals surface area contributed by atoms with Gasteiger partial charge in [-0.05, 0) is 199 Å². The van der Waals surface area contributed by atoms with E-state index in [0.717, 1.165) is 38.5 Å². The second-order valence-electron chi connectivity index (χ2n) is 47.2. The topological polar surface area (TPSA) is 0 Å². The molecule has 107 heavy (non-hydrogen) atoms. The summed E-state index contributed by atoms with van der Waals surface area (Å²) in [6.45, 7) is 96.1. The van der Waals surface area contributed by atoms with Crippen molar-refractivity contribution in [2.24, 2.45) is 54.1 Å². The predicted molar refractivity (Wildman–Crippen MR) is 484 cm³/mol. The molecule has 0 heterocycles. The number of hydrogen-bond donors (Lipinski definition) is 0. The van der Waals surface area contributed by atoms with Gasteiger partial charge in [0, 0.05) is 0 Å². The van der Waals surface area contributed by atoms with Crippen molar-refractivity contribution < 1.29 is 0 Å². The number of allylic oxidation sites excluding steroid dienone is 16. The van der Waals surface area contributed by atoms with Gasteiger partial charge in [0.1, 0.15) is 0 Å². The molecule has 0 saturated carbocycles. The van der Waals surface area contributed by atoms with Crippen molar-refractivity contribution in [3.05, 3.63) is 232 Å². The monoisotopic (exact) mass is 1450 g/mol. The van der Waals surface area contributed by atoms with Crippen LogP contribution in [-0.2, 0) is 47.3 Å². The summed E-state index contributed by atoms with van der Waals surface area (Å²) in [4.78, 5) is 0. The summed E-state index contributed by atoms with van der Waals surface area (Å²) in [5.41, 5.74) is 37.0. The fourth-order valence-electron chi connectivity index (χ4n) is 13.8.